The second kappa shape index (κ2) is 15.7. The zero-order valence-electron chi connectivity index (χ0n) is 34.9. The maximum absolute atomic E-state index is 6.33. The minimum absolute atomic E-state index is 0.865. The van der Waals surface area contributed by atoms with E-state index in [1.165, 1.54) is 32.9 Å². The van der Waals surface area contributed by atoms with E-state index in [1.54, 1.807) is 0 Å². The van der Waals surface area contributed by atoms with Crippen molar-refractivity contribution in [1.82, 2.24) is 4.57 Å². The van der Waals surface area contributed by atoms with Crippen molar-refractivity contribution in [2.45, 2.75) is 0 Å². The van der Waals surface area contributed by atoms with Gasteiger partial charge in [0.25, 0.3) is 0 Å². The molecular formula is C60H41N3O. The molecule has 0 saturated carbocycles. The van der Waals surface area contributed by atoms with Crippen molar-refractivity contribution in [3.63, 3.8) is 0 Å². The van der Waals surface area contributed by atoms with E-state index in [9.17, 15) is 0 Å². The van der Waals surface area contributed by atoms with Gasteiger partial charge >= 0.3 is 0 Å². The van der Waals surface area contributed by atoms with Gasteiger partial charge in [-0.25, -0.2) is 0 Å². The SMILES string of the molecule is c1ccc(-c2ccc(N(c3ccccc3)c3cc(-c4ccc5c(c4)c4ccccc4n5-c4ccccc4)cc(N(c4ccccc4)c4ccc5oc6ccccc6c5c4)c3)cc2)cc1. The number of benzene rings is 10. The lowest BCUT2D eigenvalue weighted by molar-refractivity contribution is 0.669. The number of furan rings is 1. The summed E-state index contributed by atoms with van der Waals surface area (Å²) in [4.78, 5) is 4.74. The smallest absolute Gasteiger partial charge is 0.135 e. The third-order valence-corrected chi connectivity index (χ3v) is 12.3. The van der Waals surface area contributed by atoms with Crippen LogP contribution in [0.3, 0.4) is 0 Å². The Morgan fingerprint density at radius 2 is 0.766 bits per heavy atom. The molecule has 0 amide bonds. The van der Waals surface area contributed by atoms with Gasteiger partial charge < -0.3 is 18.8 Å². The van der Waals surface area contributed by atoms with Crippen LogP contribution in [-0.2, 0) is 0 Å². The first-order valence-electron chi connectivity index (χ1n) is 21.7. The van der Waals surface area contributed by atoms with E-state index in [0.29, 0.717) is 0 Å². The van der Waals surface area contributed by atoms with Gasteiger partial charge in [-0.05, 0) is 131 Å². The Morgan fingerprint density at radius 3 is 1.47 bits per heavy atom. The van der Waals surface area contributed by atoms with E-state index in [1.807, 2.05) is 12.1 Å². The van der Waals surface area contributed by atoms with Crippen LogP contribution < -0.4 is 9.80 Å². The first-order chi connectivity index (χ1) is 31.7. The van der Waals surface area contributed by atoms with Crippen molar-refractivity contribution >= 4 is 77.9 Å². The molecule has 0 spiro atoms. The van der Waals surface area contributed by atoms with E-state index in [-0.39, 0.29) is 0 Å². The molecule has 4 nitrogen and oxygen atoms in total. The summed E-state index contributed by atoms with van der Waals surface area (Å²) in [5, 5.41) is 4.60. The number of aromatic nitrogens is 1. The van der Waals surface area contributed by atoms with Crippen LogP contribution in [0.4, 0.5) is 34.1 Å². The number of anilines is 6. The number of rotatable bonds is 9. The topological polar surface area (TPSA) is 24.6 Å². The van der Waals surface area contributed by atoms with E-state index in [0.717, 1.165) is 72.9 Å². The maximum Gasteiger partial charge on any atom is 0.135 e. The van der Waals surface area contributed by atoms with Gasteiger partial charge in [0.15, 0.2) is 0 Å². The van der Waals surface area contributed by atoms with Crippen LogP contribution in [-0.4, -0.2) is 4.57 Å². The predicted octanol–water partition coefficient (Wildman–Crippen LogP) is 17.0. The second-order valence-electron chi connectivity index (χ2n) is 16.2. The first-order valence-corrected chi connectivity index (χ1v) is 21.7. The molecule has 0 radical (unpaired) electrons. The molecule has 12 rings (SSSR count). The highest BCUT2D eigenvalue weighted by Gasteiger charge is 2.22. The lowest BCUT2D eigenvalue weighted by atomic mass is 9.99. The minimum atomic E-state index is 0.865. The van der Waals surface area contributed by atoms with Crippen LogP contribution in [0.2, 0.25) is 0 Å². The highest BCUT2D eigenvalue weighted by atomic mass is 16.3. The quantitative estimate of drug-likeness (QED) is 0.145. The van der Waals surface area contributed by atoms with Crippen molar-refractivity contribution in [1.29, 1.82) is 0 Å². The summed E-state index contributed by atoms with van der Waals surface area (Å²) >= 11 is 0. The van der Waals surface area contributed by atoms with E-state index >= 15 is 0 Å². The summed E-state index contributed by atoms with van der Waals surface area (Å²) in [6.07, 6.45) is 0. The Bertz CT molecular complexity index is 3600. The first kappa shape index (κ1) is 37.2. The fourth-order valence-electron chi connectivity index (χ4n) is 9.36. The van der Waals surface area contributed by atoms with Crippen LogP contribution in [0, 0.1) is 0 Å². The Hall–Kier alpha value is -8.60. The molecule has 12 aromatic rings. The number of para-hydroxylation sites is 5. The van der Waals surface area contributed by atoms with Crippen molar-refractivity contribution in [2.24, 2.45) is 0 Å². The molecule has 302 valence electrons. The van der Waals surface area contributed by atoms with Gasteiger partial charge in [0.2, 0.25) is 0 Å². The van der Waals surface area contributed by atoms with Crippen molar-refractivity contribution in [3.05, 3.63) is 249 Å². The van der Waals surface area contributed by atoms with Gasteiger partial charge in [-0.2, -0.15) is 0 Å². The molecule has 4 heteroatoms. The molecule has 0 N–H and O–H groups in total. The fourth-order valence-corrected chi connectivity index (χ4v) is 9.36. The molecule has 0 fully saturated rings. The molecule has 2 heterocycles. The number of hydrogen-bond donors (Lipinski definition) is 0. The molecule has 2 aromatic heterocycles. The Morgan fingerprint density at radius 1 is 0.266 bits per heavy atom. The normalized spacial score (nSPS) is 11.4. The monoisotopic (exact) mass is 819 g/mol. The zero-order chi connectivity index (χ0) is 42.4. The lowest BCUT2D eigenvalue weighted by Crippen LogP contribution is -2.13. The van der Waals surface area contributed by atoms with Gasteiger partial charge in [-0.1, -0.05) is 140 Å². The standard InChI is InChI=1S/C60H41N3O/c1-5-17-42(18-6-1)43-29-32-49(33-30-43)61(46-19-7-2-8-20-46)51-37-45(44-31-35-58-55(39-44)53-25-13-15-27-57(53)63(58)48-23-11-4-12-24-48)38-52(40-51)62(47-21-9-3-10-22-47)50-34-36-60-56(41-50)54-26-14-16-28-59(54)64-60/h1-41H. The van der Waals surface area contributed by atoms with E-state index in [2.05, 4.69) is 251 Å². The molecule has 0 unspecified atom stereocenters. The molecule has 0 aliphatic heterocycles. The summed E-state index contributed by atoms with van der Waals surface area (Å²) in [6, 6.07) is 89.0. The molecule has 0 saturated heterocycles. The van der Waals surface area contributed by atoms with Gasteiger partial charge in [-0.3, -0.25) is 0 Å². The minimum Gasteiger partial charge on any atom is -0.456 e. The maximum atomic E-state index is 6.33. The van der Waals surface area contributed by atoms with Crippen LogP contribution in [0.5, 0.6) is 0 Å². The average Bonchev–Trinajstić information content (AvgIpc) is 3.91. The zero-order valence-corrected chi connectivity index (χ0v) is 34.9. The fraction of sp³-hybridized carbons (Fsp3) is 0. The summed E-state index contributed by atoms with van der Waals surface area (Å²) < 4.78 is 8.70. The third-order valence-electron chi connectivity index (χ3n) is 12.3. The molecule has 0 aliphatic carbocycles. The summed E-state index contributed by atoms with van der Waals surface area (Å²) in [5.41, 5.74) is 16.1. The lowest BCUT2D eigenvalue weighted by Gasteiger charge is -2.30. The number of hydrogen-bond acceptors (Lipinski definition) is 3. The third kappa shape index (κ3) is 6.57. The summed E-state index contributed by atoms with van der Waals surface area (Å²) in [5.74, 6) is 0. The summed E-state index contributed by atoms with van der Waals surface area (Å²) in [6.45, 7) is 0. The molecule has 0 aliphatic rings. The highest BCUT2D eigenvalue weighted by molar-refractivity contribution is 6.11. The second-order valence-corrected chi connectivity index (χ2v) is 16.2. The Kier molecular flexibility index (Phi) is 9.12. The van der Waals surface area contributed by atoms with Crippen molar-refractivity contribution in [2.75, 3.05) is 9.80 Å². The molecule has 0 bridgehead atoms. The summed E-state index contributed by atoms with van der Waals surface area (Å²) in [7, 11) is 0. The highest BCUT2D eigenvalue weighted by Crippen LogP contribution is 2.45. The van der Waals surface area contributed by atoms with Gasteiger partial charge in [0.05, 0.1) is 11.0 Å². The van der Waals surface area contributed by atoms with Gasteiger partial charge in [0, 0.05) is 61.4 Å². The number of fused-ring (bicyclic) bond motifs is 6. The molecule has 64 heavy (non-hydrogen) atoms. The van der Waals surface area contributed by atoms with Gasteiger partial charge in [0.1, 0.15) is 11.2 Å². The van der Waals surface area contributed by atoms with Crippen LogP contribution in [0.15, 0.2) is 253 Å². The Labute approximate surface area is 371 Å². The van der Waals surface area contributed by atoms with Crippen LogP contribution >= 0.6 is 0 Å². The molecule has 10 aromatic carbocycles. The van der Waals surface area contributed by atoms with Crippen molar-refractivity contribution in [3.8, 4) is 27.9 Å². The Balaban J connectivity index is 1.10. The average molecular weight is 820 g/mol. The van der Waals surface area contributed by atoms with Crippen molar-refractivity contribution < 1.29 is 4.42 Å². The van der Waals surface area contributed by atoms with Crippen LogP contribution in [0.25, 0.3) is 71.7 Å². The molecular weight excluding hydrogens is 779 g/mol. The van der Waals surface area contributed by atoms with Gasteiger partial charge in [-0.15, -0.1) is 0 Å². The van der Waals surface area contributed by atoms with Crippen LogP contribution in [0.1, 0.15) is 0 Å². The van der Waals surface area contributed by atoms with E-state index in [4.69, 9.17) is 4.42 Å². The largest absolute Gasteiger partial charge is 0.456 e. The predicted molar refractivity (Wildman–Crippen MR) is 268 cm³/mol. The number of nitrogens with zero attached hydrogens (tertiary/aromatic N) is 3. The van der Waals surface area contributed by atoms with E-state index < -0.39 is 0 Å². The molecule has 0 atom stereocenters.